The summed E-state index contributed by atoms with van der Waals surface area (Å²) >= 11 is 0. The van der Waals surface area contributed by atoms with Crippen molar-refractivity contribution in [1.82, 2.24) is 14.7 Å². The zero-order valence-corrected chi connectivity index (χ0v) is 21.1. The number of rotatable bonds is 7. The van der Waals surface area contributed by atoms with Crippen LogP contribution in [-0.2, 0) is 0 Å². The molecule has 3 aliphatic rings. The number of piperazine rings is 1. The molecule has 0 aliphatic carbocycles. The van der Waals surface area contributed by atoms with E-state index < -0.39 is 0 Å². The number of methoxy groups -OCH3 is 1. The van der Waals surface area contributed by atoms with Gasteiger partial charge in [-0.2, -0.15) is 0 Å². The van der Waals surface area contributed by atoms with E-state index in [0.717, 1.165) is 56.9 Å². The third kappa shape index (κ3) is 5.17. The molecule has 3 unspecified atom stereocenters. The number of nitrogens with zero attached hydrogens (tertiary/aromatic N) is 3. The van der Waals surface area contributed by atoms with Gasteiger partial charge >= 0.3 is 0 Å². The molecule has 0 aromatic heterocycles. The van der Waals surface area contributed by atoms with Gasteiger partial charge in [0.1, 0.15) is 5.75 Å². The Hall–Kier alpha value is -2.63. The van der Waals surface area contributed by atoms with Gasteiger partial charge in [-0.1, -0.05) is 43.2 Å². The minimum atomic E-state index is 0.149. The standard InChI is InChI=1S/C30H39N3O2/c1-3-17-31-21-26-15-16-27(22-31)33(26)29(25-9-8-10-28(20-25)35-2)23-11-13-24(14-12-23)30(34)32-18-6-4-5-7-19-32/h3,8-14,20,26-27,29H,1,4-7,15-19,21-22H2,2H3. The Bertz CT molecular complexity index is 999. The molecule has 5 nitrogen and oxygen atoms in total. The van der Waals surface area contributed by atoms with Crippen LogP contribution in [0.25, 0.3) is 0 Å². The highest BCUT2D eigenvalue weighted by molar-refractivity contribution is 5.94. The summed E-state index contributed by atoms with van der Waals surface area (Å²) in [6.45, 7) is 8.83. The van der Waals surface area contributed by atoms with Crippen LogP contribution in [0.1, 0.15) is 66.1 Å². The number of ether oxygens (including phenoxy) is 1. The minimum Gasteiger partial charge on any atom is -0.497 e. The highest BCUT2D eigenvalue weighted by Crippen LogP contribution is 2.41. The molecule has 3 aliphatic heterocycles. The summed E-state index contributed by atoms with van der Waals surface area (Å²) < 4.78 is 5.59. The number of amides is 1. The smallest absolute Gasteiger partial charge is 0.253 e. The Morgan fingerprint density at radius 3 is 2.31 bits per heavy atom. The zero-order valence-electron chi connectivity index (χ0n) is 21.1. The van der Waals surface area contributed by atoms with Gasteiger partial charge in [0.15, 0.2) is 0 Å². The summed E-state index contributed by atoms with van der Waals surface area (Å²) in [4.78, 5) is 20.5. The molecule has 5 rings (SSSR count). The van der Waals surface area contributed by atoms with Gasteiger partial charge in [-0.25, -0.2) is 0 Å². The van der Waals surface area contributed by atoms with Gasteiger partial charge in [0.05, 0.1) is 13.2 Å². The van der Waals surface area contributed by atoms with Gasteiger partial charge in [-0.15, -0.1) is 6.58 Å². The molecule has 3 fully saturated rings. The SMILES string of the molecule is C=CCN1CC2CCC(C1)N2C(c1ccc(C(=O)N2CCCCCC2)cc1)c1cccc(OC)c1. The second-order valence-corrected chi connectivity index (χ2v) is 10.3. The fraction of sp³-hybridized carbons (Fsp3) is 0.500. The number of carbonyl (C=O) groups is 1. The Morgan fingerprint density at radius 1 is 1.00 bits per heavy atom. The highest BCUT2D eigenvalue weighted by atomic mass is 16.5. The van der Waals surface area contributed by atoms with Crippen LogP contribution in [0.2, 0.25) is 0 Å². The highest BCUT2D eigenvalue weighted by Gasteiger charge is 2.44. The second-order valence-electron chi connectivity index (χ2n) is 10.3. The molecular weight excluding hydrogens is 434 g/mol. The molecule has 2 aromatic rings. The van der Waals surface area contributed by atoms with E-state index in [4.69, 9.17) is 4.74 Å². The van der Waals surface area contributed by atoms with Crippen molar-refractivity contribution in [1.29, 1.82) is 0 Å². The zero-order chi connectivity index (χ0) is 24.2. The van der Waals surface area contributed by atoms with Crippen molar-refractivity contribution >= 4 is 5.91 Å². The maximum Gasteiger partial charge on any atom is 0.253 e. The summed E-state index contributed by atoms with van der Waals surface area (Å²) in [7, 11) is 1.73. The summed E-state index contributed by atoms with van der Waals surface area (Å²) in [5, 5.41) is 0. The van der Waals surface area contributed by atoms with E-state index in [2.05, 4.69) is 46.7 Å². The van der Waals surface area contributed by atoms with Crippen LogP contribution in [-0.4, -0.2) is 72.5 Å². The van der Waals surface area contributed by atoms with E-state index in [1.165, 1.54) is 36.8 Å². The lowest BCUT2D eigenvalue weighted by molar-refractivity contribution is 0.0499. The first-order valence-electron chi connectivity index (χ1n) is 13.3. The molecule has 3 heterocycles. The molecule has 0 spiro atoms. The first-order valence-corrected chi connectivity index (χ1v) is 13.3. The van der Waals surface area contributed by atoms with Crippen LogP contribution in [0, 0.1) is 0 Å². The number of hydrogen-bond donors (Lipinski definition) is 0. The molecule has 186 valence electrons. The van der Waals surface area contributed by atoms with E-state index in [9.17, 15) is 4.79 Å². The van der Waals surface area contributed by atoms with Crippen molar-refractivity contribution < 1.29 is 9.53 Å². The van der Waals surface area contributed by atoms with E-state index in [1.807, 2.05) is 29.2 Å². The molecule has 3 saturated heterocycles. The molecule has 3 atom stereocenters. The van der Waals surface area contributed by atoms with Crippen LogP contribution >= 0.6 is 0 Å². The molecule has 35 heavy (non-hydrogen) atoms. The Kier molecular flexibility index (Phi) is 7.54. The van der Waals surface area contributed by atoms with Crippen molar-refractivity contribution in [3.63, 3.8) is 0 Å². The average Bonchev–Trinajstić information content (AvgIpc) is 3.08. The molecule has 0 N–H and O–H groups in total. The number of benzene rings is 2. The van der Waals surface area contributed by atoms with Gasteiger partial charge in [0.25, 0.3) is 5.91 Å². The fourth-order valence-corrected chi connectivity index (χ4v) is 6.39. The summed E-state index contributed by atoms with van der Waals surface area (Å²) in [5.74, 6) is 1.06. The summed E-state index contributed by atoms with van der Waals surface area (Å²) in [6.07, 6.45) is 9.16. The number of carbonyl (C=O) groups excluding carboxylic acids is 1. The lowest BCUT2D eigenvalue weighted by Crippen LogP contribution is -2.54. The fourth-order valence-electron chi connectivity index (χ4n) is 6.39. The quantitative estimate of drug-likeness (QED) is 0.522. The summed E-state index contributed by atoms with van der Waals surface area (Å²) in [6, 6.07) is 18.2. The Balaban J connectivity index is 1.44. The Morgan fingerprint density at radius 2 is 1.69 bits per heavy atom. The molecule has 0 saturated carbocycles. The average molecular weight is 474 g/mol. The molecule has 2 aromatic carbocycles. The molecule has 5 heteroatoms. The predicted molar refractivity (Wildman–Crippen MR) is 141 cm³/mol. The molecular formula is C30H39N3O2. The van der Waals surface area contributed by atoms with E-state index in [-0.39, 0.29) is 11.9 Å². The normalized spacial score (nSPS) is 24.1. The van der Waals surface area contributed by atoms with Crippen molar-refractivity contribution in [2.45, 2.75) is 56.7 Å². The third-order valence-corrected chi connectivity index (χ3v) is 8.08. The van der Waals surface area contributed by atoms with Crippen molar-refractivity contribution in [2.24, 2.45) is 0 Å². The first-order chi connectivity index (χ1) is 17.2. The largest absolute Gasteiger partial charge is 0.497 e. The predicted octanol–water partition coefficient (Wildman–Crippen LogP) is 5.14. The van der Waals surface area contributed by atoms with Gasteiger partial charge in [-0.05, 0) is 61.1 Å². The first kappa shape index (κ1) is 24.1. The van der Waals surface area contributed by atoms with Gasteiger partial charge in [0, 0.05) is 50.4 Å². The van der Waals surface area contributed by atoms with Gasteiger partial charge in [-0.3, -0.25) is 14.6 Å². The third-order valence-electron chi connectivity index (χ3n) is 8.08. The second kappa shape index (κ2) is 11.0. The number of hydrogen-bond acceptors (Lipinski definition) is 4. The number of likely N-dealkylation sites (tertiary alicyclic amines) is 2. The molecule has 0 radical (unpaired) electrons. The van der Waals surface area contributed by atoms with E-state index in [0.29, 0.717) is 12.1 Å². The van der Waals surface area contributed by atoms with Crippen LogP contribution in [0.4, 0.5) is 0 Å². The number of fused-ring (bicyclic) bond motifs is 2. The monoisotopic (exact) mass is 473 g/mol. The van der Waals surface area contributed by atoms with E-state index >= 15 is 0 Å². The van der Waals surface area contributed by atoms with Crippen LogP contribution in [0.15, 0.2) is 61.2 Å². The molecule has 1 amide bonds. The maximum atomic E-state index is 13.2. The van der Waals surface area contributed by atoms with Gasteiger partial charge < -0.3 is 9.64 Å². The van der Waals surface area contributed by atoms with Crippen LogP contribution in [0.5, 0.6) is 5.75 Å². The Labute approximate surface area is 210 Å². The van der Waals surface area contributed by atoms with Gasteiger partial charge in [0.2, 0.25) is 0 Å². The topological polar surface area (TPSA) is 36.0 Å². The van der Waals surface area contributed by atoms with Crippen LogP contribution < -0.4 is 4.74 Å². The van der Waals surface area contributed by atoms with Crippen LogP contribution in [0.3, 0.4) is 0 Å². The van der Waals surface area contributed by atoms with Crippen molar-refractivity contribution in [3.05, 3.63) is 77.9 Å². The van der Waals surface area contributed by atoms with Crippen molar-refractivity contribution in [2.75, 3.05) is 39.8 Å². The van der Waals surface area contributed by atoms with E-state index in [1.54, 1.807) is 7.11 Å². The van der Waals surface area contributed by atoms with Crippen molar-refractivity contribution in [3.8, 4) is 5.75 Å². The lowest BCUT2D eigenvalue weighted by atomic mass is 9.93. The molecule has 2 bridgehead atoms. The minimum absolute atomic E-state index is 0.149. The maximum absolute atomic E-state index is 13.2. The summed E-state index contributed by atoms with van der Waals surface area (Å²) in [5.41, 5.74) is 3.31. The lowest BCUT2D eigenvalue weighted by Gasteiger charge is -2.45.